The summed E-state index contributed by atoms with van der Waals surface area (Å²) in [6.07, 6.45) is 4.07. The third-order valence-electron chi connectivity index (χ3n) is 7.64. The third-order valence-corrected chi connectivity index (χ3v) is 7.64. The van der Waals surface area contributed by atoms with Gasteiger partial charge in [0.2, 0.25) is 5.95 Å². The molecule has 1 N–H and O–H groups in total. The van der Waals surface area contributed by atoms with E-state index in [1.165, 1.54) is 37.8 Å². The van der Waals surface area contributed by atoms with Crippen LogP contribution in [0.5, 0.6) is 23.0 Å². The molecule has 4 aromatic rings. The molecule has 2 heterocycles. The van der Waals surface area contributed by atoms with Crippen molar-refractivity contribution in [3.8, 4) is 23.0 Å². The predicted molar refractivity (Wildman–Crippen MR) is 171 cm³/mol. The van der Waals surface area contributed by atoms with Crippen molar-refractivity contribution in [1.29, 1.82) is 0 Å². The number of benzene rings is 3. The highest BCUT2D eigenvalue weighted by molar-refractivity contribution is 5.98. The molecule has 10 nitrogen and oxygen atoms in total. The Morgan fingerprint density at radius 3 is 2.33 bits per heavy atom. The molecule has 0 aliphatic carbocycles. The number of para-hydroxylation sites is 1. The number of rotatable bonds is 11. The first kappa shape index (κ1) is 32.4. The number of piperidine rings is 1. The van der Waals surface area contributed by atoms with E-state index in [1.54, 1.807) is 18.2 Å². The zero-order valence-electron chi connectivity index (χ0n) is 26.3. The average molecular weight is 634 g/mol. The number of carbonyl (C=O) groups is 1. The average Bonchev–Trinajstić information content (AvgIpc) is 3.05. The lowest BCUT2D eigenvalue weighted by atomic mass is 10.1. The Morgan fingerprint density at radius 2 is 1.65 bits per heavy atom. The number of hydrogen-bond donors (Lipinski definition) is 1. The molecule has 0 radical (unpaired) electrons. The number of likely N-dealkylation sites (tertiary alicyclic amines) is 1. The van der Waals surface area contributed by atoms with Gasteiger partial charge in [-0.05, 0) is 63.0 Å². The fourth-order valence-electron chi connectivity index (χ4n) is 5.27. The van der Waals surface area contributed by atoms with Gasteiger partial charge in [-0.3, -0.25) is 4.90 Å². The van der Waals surface area contributed by atoms with E-state index in [0.29, 0.717) is 29.5 Å². The van der Waals surface area contributed by atoms with Gasteiger partial charge in [0.1, 0.15) is 29.7 Å². The topological polar surface area (TPSA) is 98.3 Å². The van der Waals surface area contributed by atoms with Gasteiger partial charge in [-0.25, -0.2) is 23.5 Å². The number of ether oxygens (including phenoxy) is 4. The Morgan fingerprint density at radius 1 is 0.935 bits per heavy atom. The Labute approximate surface area is 266 Å². The smallest absolute Gasteiger partial charge is 0.425 e. The Balaban J connectivity index is 1.41. The molecule has 5 rings (SSSR count). The van der Waals surface area contributed by atoms with Crippen LogP contribution in [-0.2, 0) is 0 Å². The van der Waals surface area contributed by atoms with E-state index in [1.807, 2.05) is 32.0 Å². The van der Waals surface area contributed by atoms with Crippen LogP contribution in [0.15, 0.2) is 60.8 Å². The van der Waals surface area contributed by atoms with Gasteiger partial charge in [0.15, 0.2) is 17.4 Å². The SMILES string of the molecule is COc1ccc(N(C(=O)Oc2c(C)cccc2C)c2ccnc(Nc3cc(F)c(OCCN4CCCCC4)c(F)c3)n2)c(OC)c1. The molecule has 1 aromatic heterocycles. The van der Waals surface area contributed by atoms with Crippen molar-refractivity contribution in [2.24, 2.45) is 0 Å². The lowest BCUT2D eigenvalue weighted by molar-refractivity contribution is 0.177. The van der Waals surface area contributed by atoms with Crippen LogP contribution in [-0.4, -0.2) is 61.4 Å². The number of carbonyl (C=O) groups excluding carboxylic acids is 1. The van der Waals surface area contributed by atoms with Crippen LogP contribution in [0.4, 0.5) is 36.7 Å². The molecule has 1 saturated heterocycles. The molecule has 0 unspecified atom stereocenters. The van der Waals surface area contributed by atoms with Crippen LogP contribution in [0.2, 0.25) is 0 Å². The van der Waals surface area contributed by atoms with Gasteiger partial charge < -0.3 is 24.3 Å². The van der Waals surface area contributed by atoms with Gasteiger partial charge in [0.25, 0.3) is 0 Å². The molecule has 3 aromatic carbocycles. The van der Waals surface area contributed by atoms with E-state index in [2.05, 4.69) is 20.2 Å². The van der Waals surface area contributed by atoms with Crippen molar-refractivity contribution in [3.63, 3.8) is 0 Å². The molecule has 0 atom stereocenters. The van der Waals surface area contributed by atoms with Gasteiger partial charge >= 0.3 is 6.09 Å². The largest absolute Gasteiger partial charge is 0.497 e. The summed E-state index contributed by atoms with van der Waals surface area (Å²) < 4.78 is 52.2. The summed E-state index contributed by atoms with van der Waals surface area (Å²) in [7, 11) is 2.98. The molecule has 12 heteroatoms. The zero-order valence-corrected chi connectivity index (χ0v) is 26.3. The number of hydrogen-bond acceptors (Lipinski definition) is 9. The minimum atomic E-state index is -0.862. The number of nitrogens with one attached hydrogen (secondary N) is 1. The second kappa shape index (κ2) is 14.9. The first-order valence-corrected chi connectivity index (χ1v) is 15.0. The molecule has 0 spiro atoms. The van der Waals surface area contributed by atoms with E-state index in [4.69, 9.17) is 18.9 Å². The van der Waals surface area contributed by atoms with Crippen LogP contribution >= 0.6 is 0 Å². The molecule has 1 aliphatic rings. The molecule has 1 aliphatic heterocycles. The summed E-state index contributed by atoms with van der Waals surface area (Å²) in [5.74, 6) is -0.852. The van der Waals surface area contributed by atoms with Gasteiger partial charge in [-0.15, -0.1) is 0 Å². The Hall–Kier alpha value is -4.97. The van der Waals surface area contributed by atoms with Gasteiger partial charge in [0, 0.05) is 42.7 Å². The zero-order chi connectivity index (χ0) is 32.6. The third kappa shape index (κ3) is 7.63. The second-order valence-corrected chi connectivity index (χ2v) is 10.8. The summed E-state index contributed by atoms with van der Waals surface area (Å²) in [5.41, 5.74) is 1.90. The van der Waals surface area contributed by atoms with Crippen LogP contribution < -0.4 is 29.2 Å². The fraction of sp³-hybridized carbons (Fsp3) is 0.324. The molecule has 46 heavy (non-hydrogen) atoms. The molecule has 0 bridgehead atoms. The highest BCUT2D eigenvalue weighted by atomic mass is 19.1. The van der Waals surface area contributed by atoms with Crippen molar-refractivity contribution in [3.05, 3.63) is 83.6 Å². The van der Waals surface area contributed by atoms with E-state index in [9.17, 15) is 13.6 Å². The summed E-state index contributed by atoms with van der Waals surface area (Å²) in [5, 5.41) is 2.82. The number of halogens is 2. The first-order chi connectivity index (χ1) is 22.3. The Kier molecular flexibility index (Phi) is 10.5. The lowest BCUT2D eigenvalue weighted by Crippen LogP contribution is -2.33. The molecule has 242 valence electrons. The van der Waals surface area contributed by atoms with E-state index >= 15 is 0 Å². The highest BCUT2D eigenvalue weighted by Gasteiger charge is 2.27. The summed E-state index contributed by atoms with van der Waals surface area (Å²) >= 11 is 0. The number of anilines is 4. The number of aromatic nitrogens is 2. The van der Waals surface area contributed by atoms with Crippen LogP contribution in [0, 0.1) is 25.5 Å². The van der Waals surface area contributed by atoms with Crippen molar-refractivity contribution < 1.29 is 32.5 Å². The lowest BCUT2D eigenvalue weighted by Gasteiger charge is -2.26. The summed E-state index contributed by atoms with van der Waals surface area (Å²) in [6, 6.07) is 14.2. The summed E-state index contributed by atoms with van der Waals surface area (Å²) in [4.78, 5) is 26.0. The van der Waals surface area contributed by atoms with Crippen LogP contribution in [0.1, 0.15) is 30.4 Å². The minimum Gasteiger partial charge on any atom is -0.497 e. The standard InChI is InChI=1S/C34H37F2N5O5/c1-22-9-8-10-23(2)31(22)46-34(42)41(28-12-11-25(43-3)21-29(28)44-4)30-13-14-37-33(39-30)38-24-19-26(35)32(27(36)20-24)45-18-17-40-15-6-5-7-16-40/h8-14,19-21H,5-7,15-18H2,1-4H3,(H,37,38,39). The quantitative estimate of drug-likeness (QED) is 0.182. The number of nitrogens with zero attached hydrogens (tertiary/aromatic N) is 4. The first-order valence-electron chi connectivity index (χ1n) is 15.0. The minimum absolute atomic E-state index is 0.0209. The molecule has 1 amide bonds. The van der Waals surface area contributed by atoms with Crippen molar-refractivity contribution in [2.75, 3.05) is 50.7 Å². The second-order valence-electron chi connectivity index (χ2n) is 10.8. The maximum Gasteiger partial charge on any atom is 0.425 e. The monoisotopic (exact) mass is 633 g/mol. The maximum atomic E-state index is 15.0. The van der Waals surface area contributed by atoms with Gasteiger partial charge in [-0.2, -0.15) is 4.98 Å². The number of amides is 1. The summed E-state index contributed by atoms with van der Waals surface area (Å²) in [6.45, 7) is 6.37. The van der Waals surface area contributed by atoms with Gasteiger partial charge in [-0.1, -0.05) is 24.6 Å². The van der Waals surface area contributed by atoms with Crippen molar-refractivity contribution in [1.82, 2.24) is 14.9 Å². The molecular weight excluding hydrogens is 596 g/mol. The molecule has 1 fully saturated rings. The molecule has 0 saturated carbocycles. The van der Waals surface area contributed by atoms with Crippen LogP contribution in [0.25, 0.3) is 0 Å². The van der Waals surface area contributed by atoms with E-state index in [-0.39, 0.29) is 24.1 Å². The number of methoxy groups -OCH3 is 2. The van der Waals surface area contributed by atoms with Crippen molar-refractivity contribution in [2.45, 2.75) is 33.1 Å². The number of aryl methyl sites for hydroxylation is 2. The van der Waals surface area contributed by atoms with Gasteiger partial charge in [0.05, 0.1) is 19.9 Å². The van der Waals surface area contributed by atoms with Crippen LogP contribution in [0.3, 0.4) is 0 Å². The highest BCUT2D eigenvalue weighted by Crippen LogP contribution is 2.37. The maximum absolute atomic E-state index is 15.0. The Bertz CT molecular complexity index is 1640. The fourth-order valence-corrected chi connectivity index (χ4v) is 5.27. The predicted octanol–water partition coefficient (Wildman–Crippen LogP) is 7.33. The molecular formula is C34H37F2N5O5. The normalized spacial score (nSPS) is 13.2. The van der Waals surface area contributed by atoms with Crippen molar-refractivity contribution >= 4 is 29.2 Å². The van der Waals surface area contributed by atoms with E-state index < -0.39 is 23.5 Å². The van der Waals surface area contributed by atoms with E-state index in [0.717, 1.165) is 49.2 Å².